The van der Waals surface area contributed by atoms with Crippen LogP contribution in [0.2, 0.25) is 4.34 Å². The maximum atomic E-state index is 6.21. The maximum Gasteiger partial charge on any atom is 0.203 e. The largest absolute Gasteiger partial charge is 0.493 e. The van der Waals surface area contributed by atoms with Crippen LogP contribution in [0.1, 0.15) is 16.5 Å². The molecule has 1 saturated heterocycles. The number of halogens is 1. The predicted octanol–water partition coefficient (Wildman–Crippen LogP) is 3.42. The zero-order valence-corrected chi connectivity index (χ0v) is 16.2. The second kappa shape index (κ2) is 8.27. The summed E-state index contributed by atoms with van der Waals surface area (Å²) in [5.41, 5.74) is 1.11. The van der Waals surface area contributed by atoms with Gasteiger partial charge < -0.3 is 19.5 Å². The molecule has 0 spiro atoms. The van der Waals surface area contributed by atoms with E-state index in [4.69, 9.17) is 25.8 Å². The van der Waals surface area contributed by atoms with E-state index in [1.807, 2.05) is 18.2 Å². The third-order valence-electron chi connectivity index (χ3n) is 4.38. The van der Waals surface area contributed by atoms with Gasteiger partial charge in [0, 0.05) is 31.1 Å². The minimum atomic E-state index is 0.105. The summed E-state index contributed by atoms with van der Waals surface area (Å²) < 4.78 is 17.3. The molecule has 0 aliphatic carbocycles. The van der Waals surface area contributed by atoms with E-state index >= 15 is 0 Å². The molecule has 1 unspecified atom stereocenters. The molecule has 1 aliphatic heterocycles. The van der Waals surface area contributed by atoms with Crippen LogP contribution in [0.4, 0.5) is 0 Å². The summed E-state index contributed by atoms with van der Waals surface area (Å²) in [6.07, 6.45) is 0. The van der Waals surface area contributed by atoms with Gasteiger partial charge >= 0.3 is 0 Å². The average Bonchev–Trinajstić information content (AvgIpc) is 3.07. The van der Waals surface area contributed by atoms with E-state index < -0.39 is 0 Å². The zero-order chi connectivity index (χ0) is 17.8. The van der Waals surface area contributed by atoms with Crippen molar-refractivity contribution in [3.05, 3.63) is 39.0 Å². The first-order valence-corrected chi connectivity index (χ1v) is 9.37. The summed E-state index contributed by atoms with van der Waals surface area (Å²) in [5.74, 6) is 1.94. The normalized spacial score (nSPS) is 16.5. The van der Waals surface area contributed by atoms with E-state index in [2.05, 4.69) is 16.3 Å². The quantitative estimate of drug-likeness (QED) is 0.829. The lowest BCUT2D eigenvalue weighted by atomic mass is 10.0. The highest BCUT2D eigenvalue weighted by Crippen LogP contribution is 2.43. The van der Waals surface area contributed by atoms with E-state index in [9.17, 15) is 0 Å². The molecule has 2 heterocycles. The van der Waals surface area contributed by atoms with Gasteiger partial charge in [-0.2, -0.15) is 0 Å². The molecule has 0 bridgehead atoms. The van der Waals surface area contributed by atoms with Crippen molar-refractivity contribution in [2.24, 2.45) is 0 Å². The van der Waals surface area contributed by atoms with Gasteiger partial charge in [0.05, 0.1) is 31.7 Å². The molecule has 5 nitrogen and oxygen atoms in total. The van der Waals surface area contributed by atoms with E-state index in [0.717, 1.165) is 36.1 Å². The Morgan fingerprint density at radius 2 is 1.68 bits per heavy atom. The Bertz CT molecular complexity index is 691. The Morgan fingerprint density at radius 3 is 2.16 bits per heavy atom. The third-order valence-corrected chi connectivity index (χ3v) is 5.67. The van der Waals surface area contributed by atoms with E-state index in [-0.39, 0.29) is 6.04 Å². The number of ether oxygens (including phenoxy) is 3. The Hall–Kier alpha value is -1.47. The summed E-state index contributed by atoms with van der Waals surface area (Å²) in [7, 11) is 4.90. The number of piperazine rings is 1. The molecule has 25 heavy (non-hydrogen) atoms. The van der Waals surface area contributed by atoms with Crippen LogP contribution in [-0.2, 0) is 0 Å². The second-order valence-electron chi connectivity index (χ2n) is 5.79. The lowest BCUT2D eigenvalue weighted by Crippen LogP contribution is -2.45. The van der Waals surface area contributed by atoms with Crippen molar-refractivity contribution in [2.75, 3.05) is 47.5 Å². The Balaban J connectivity index is 2.09. The molecule has 1 N–H and O–H groups in total. The molecule has 2 aromatic rings. The molecule has 1 aliphatic rings. The van der Waals surface area contributed by atoms with Crippen molar-refractivity contribution >= 4 is 22.9 Å². The van der Waals surface area contributed by atoms with Crippen molar-refractivity contribution in [1.82, 2.24) is 10.2 Å². The van der Waals surface area contributed by atoms with Gasteiger partial charge in [0.2, 0.25) is 5.75 Å². The van der Waals surface area contributed by atoms with Crippen LogP contribution in [0.3, 0.4) is 0 Å². The Kier molecular flexibility index (Phi) is 6.06. The zero-order valence-electron chi connectivity index (χ0n) is 14.7. The molecule has 7 heteroatoms. The first-order chi connectivity index (χ1) is 12.2. The van der Waals surface area contributed by atoms with Crippen molar-refractivity contribution in [2.45, 2.75) is 6.04 Å². The summed E-state index contributed by atoms with van der Waals surface area (Å²) in [5, 5.41) is 3.41. The number of hydrogen-bond donors (Lipinski definition) is 1. The molecule has 0 amide bonds. The topological polar surface area (TPSA) is 43.0 Å². The van der Waals surface area contributed by atoms with Gasteiger partial charge in [-0.25, -0.2) is 0 Å². The van der Waals surface area contributed by atoms with Gasteiger partial charge in [0.1, 0.15) is 0 Å². The van der Waals surface area contributed by atoms with E-state index in [1.54, 1.807) is 32.7 Å². The smallest absolute Gasteiger partial charge is 0.203 e. The molecular formula is C18H23ClN2O3S. The lowest BCUT2D eigenvalue weighted by molar-refractivity contribution is 0.200. The van der Waals surface area contributed by atoms with Crippen LogP contribution in [0.15, 0.2) is 24.3 Å². The molecule has 0 radical (unpaired) electrons. The van der Waals surface area contributed by atoms with Gasteiger partial charge in [0.15, 0.2) is 11.5 Å². The van der Waals surface area contributed by atoms with Crippen LogP contribution >= 0.6 is 22.9 Å². The first kappa shape index (κ1) is 18.3. The summed E-state index contributed by atoms with van der Waals surface area (Å²) in [4.78, 5) is 3.67. The number of benzene rings is 1. The molecule has 3 rings (SSSR count). The minimum absolute atomic E-state index is 0.105. The third kappa shape index (κ3) is 3.87. The highest BCUT2D eigenvalue weighted by atomic mass is 35.5. The fourth-order valence-corrected chi connectivity index (χ4v) is 4.45. The number of rotatable bonds is 6. The first-order valence-electron chi connectivity index (χ1n) is 8.17. The highest BCUT2D eigenvalue weighted by molar-refractivity contribution is 7.16. The fraction of sp³-hybridized carbons (Fsp3) is 0.444. The van der Waals surface area contributed by atoms with Gasteiger partial charge in [-0.3, -0.25) is 4.90 Å². The molecule has 1 atom stereocenters. The van der Waals surface area contributed by atoms with Crippen molar-refractivity contribution in [1.29, 1.82) is 0 Å². The van der Waals surface area contributed by atoms with E-state index in [0.29, 0.717) is 17.2 Å². The van der Waals surface area contributed by atoms with E-state index in [1.165, 1.54) is 4.88 Å². The van der Waals surface area contributed by atoms with Crippen molar-refractivity contribution < 1.29 is 14.2 Å². The summed E-state index contributed by atoms with van der Waals surface area (Å²) in [6.45, 7) is 3.88. The number of hydrogen-bond acceptors (Lipinski definition) is 6. The van der Waals surface area contributed by atoms with Crippen LogP contribution in [-0.4, -0.2) is 52.4 Å². The monoisotopic (exact) mass is 382 g/mol. The lowest BCUT2D eigenvalue weighted by Gasteiger charge is -2.35. The second-order valence-corrected chi connectivity index (χ2v) is 7.54. The predicted molar refractivity (Wildman–Crippen MR) is 102 cm³/mol. The average molecular weight is 383 g/mol. The Labute approximate surface area is 157 Å². The molecule has 1 aromatic carbocycles. The standard InChI is InChI=1S/C18H23ClN2O3S/c1-22-13-10-12(11-14(23-2)18(13)24-3)17(15-4-5-16(19)25-15)21-8-6-20-7-9-21/h4-5,10-11,17,20H,6-9H2,1-3H3. The Morgan fingerprint density at radius 1 is 1.04 bits per heavy atom. The maximum absolute atomic E-state index is 6.21. The molecule has 1 fully saturated rings. The van der Waals surface area contributed by atoms with Crippen LogP contribution in [0.5, 0.6) is 17.2 Å². The summed E-state index contributed by atoms with van der Waals surface area (Å²) >= 11 is 7.83. The van der Waals surface area contributed by atoms with Gasteiger partial charge in [-0.15, -0.1) is 11.3 Å². The van der Waals surface area contributed by atoms with Gasteiger partial charge in [-0.05, 0) is 29.8 Å². The van der Waals surface area contributed by atoms with Crippen LogP contribution < -0.4 is 19.5 Å². The summed E-state index contributed by atoms with van der Waals surface area (Å²) in [6, 6.07) is 8.22. The fourth-order valence-electron chi connectivity index (χ4n) is 3.23. The minimum Gasteiger partial charge on any atom is -0.493 e. The molecule has 1 aromatic heterocycles. The van der Waals surface area contributed by atoms with Crippen LogP contribution in [0.25, 0.3) is 0 Å². The number of methoxy groups -OCH3 is 3. The van der Waals surface area contributed by atoms with Gasteiger partial charge in [0.25, 0.3) is 0 Å². The molecular weight excluding hydrogens is 360 g/mol. The van der Waals surface area contributed by atoms with Crippen molar-refractivity contribution in [3.63, 3.8) is 0 Å². The van der Waals surface area contributed by atoms with Crippen molar-refractivity contribution in [3.8, 4) is 17.2 Å². The molecule has 136 valence electrons. The van der Waals surface area contributed by atoms with Crippen LogP contribution in [0, 0.1) is 0 Å². The number of nitrogens with zero attached hydrogens (tertiary/aromatic N) is 1. The molecule has 0 saturated carbocycles. The number of nitrogens with one attached hydrogen (secondary N) is 1. The van der Waals surface area contributed by atoms with Gasteiger partial charge in [-0.1, -0.05) is 11.6 Å². The SMILES string of the molecule is COc1cc(C(c2ccc(Cl)s2)N2CCNCC2)cc(OC)c1OC. The highest BCUT2D eigenvalue weighted by Gasteiger charge is 2.27. The number of thiophene rings is 1.